The number of hydrogen-bond acceptors (Lipinski definition) is 2. The summed E-state index contributed by atoms with van der Waals surface area (Å²) in [5.41, 5.74) is 0.508. The third kappa shape index (κ3) is 7.07. The van der Waals surface area contributed by atoms with Gasteiger partial charge in [-0.05, 0) is 57.7 Å². The molecule has 2 nitrogen and oxygen atoms in total. The van der Waals surface area contributed by atoms with Crippen LogP contribution in [0.25, 0.3) is 0 Å². The summed E-state index contributed by atoms with van der Waals surface area (Å²) >= 11 is 5.92. The first-order valence-electron chi connectivity index (χ1n) is 6.74. The Hall–Kier alpha value is -0.0500. The largest absolute Gasteiger partial charge is 0.320 e. The highest BCUT2D eigenvalue weighted by molar-refractivity contribution is 6.17. The van der Waals surface area contributed by atoms with Crippen molar-refractivity contribution < 1.29 is 0 Å². The second kappa shape index (κ2) is 11.1. The summed E-state index contributed by atoms with van der Waals surface area (Å²) in [6.45, 7) is 9.52. The van der Waals surface area contributed by atoms with Crippen LogP contribution in [0, 0.1) is 5.41 Å². The highest BCUT2D eigenvalue weighted by atomic mass is 35.5. The first-order chi connectivity index (χ1) is 8.33. The third-order valence-corrected chi connectivity index (χ3v) is 3.76. The molecule has 0 aliphatic carbocycles. The zero-order valence-corrected chi connectivity index (χ0v) is 12.1. The second-order valence-corrected chi connectivity index (χ2v) is 5.16. The lowest BCUT2D eigenvalue weighted by atomic mass is 9.74. The molecule has 1 fully saturated rings. The van der Waals surface area contributed by atoms with Gasteiger partial charge in [-0.25, -0.2) is 0 Å². The zero-order valence-electron chi connectivity index (χ0n) is 11.4. The number of halogens is 1. The van der Waals surface area contributed by atoms with Gasteiger partial charge in [-0.15, -0.1) is 24.8 Å². The third-order valence-electron chi connectivity index (χ3n) is 3.57. The van der Waals surface area contributed by atoms with E-state index in [0.717, 1.165) is 12.4 Å². The maximum Gasteiger partial charge on any atom is 0.0229 e. The standard InChI is InChI=1S/C12H25ClN2.C2H4/c1-14-9-3-2-5-12(7-8-13)6-4-10-15-11-12;1-2/h14-15H,2-11H2,1H3;1-2H2. The summed E-state index contributed by atoms with van der Waals surface area (Å²) in [4.78, 5) is 0. The van der Waals surface area contributed by atoms with Crippen molar-refractivity contribution in [2.75, 3.05) is 32.6 Å². The van der Waals surface area contributed by atoms with Crippen LogP contribution >= 0.6 is 11.6 Å². The smallest absolute Gasteiger partial charge is 0.0229 e. The van der Waals surface area contributed by atoms with Crippen molar-refractivity contribution in [2.45, 2.75) is 38.5 Å². The van der Waals surface area contributed by atoms with Crippen molar-refractivity contribution in [1.29, 1.82) is 0 Å². The fraction of sp³-hybridized carbons (Fsp3) is 0.857. The molecule has 1 heterocycles. The highest BCUT2D eigenvalue weighted by Crippen LogP contribution is 2.35. The molecule has 0 aromatic carbocycles. The van der Waals surface area contributed by atoms with Gasteiger partial charge in [0.15, 0.2) is 0 Å². The lowest BCUT2D eigenvalue weighted by Crippen LogP contribution is -2.40. The Bertz CT molecular complexity index is 162. The van der Waals surface area contributed by atoms with E-state index in [1.165, 1.54) is 51.6 Å². The number of alkyl halides is 1. The number of unbranched alkanes of at least 4 members (excludes halogenated alkanes) is 1. The van der Waals surface area contributed by atoms with Gasteiger partial charge in [0.05, 0.1) is 0 Å². The summed E-state index contributed by atoms with van der Waals surface area (Å²) in [7, 11) is 2.02. The summed E-state index contributed by atoms with van der Waals surface area (Å²) in [6, 6.07) is 0. The van der Waals surface area contributed by atoms with Crippen molar-refractivity contribution in [3.05, 3.63) is 13.2 Å². The Morgan fingerprint density at radius 1 is 1.29 bits per heavy atom. The number of nitrogens with one attached hydrogen (secondary N) is 2. The Kier molecular flexibility index (Phi) is 11.0. The zero-order chi connectivity index (χ0) is 13.0. The monoisotopic (exact) mass is 260 g/mol. The predicted molar refractivity (Wildman–Crippen MR) is 78.9 cm³/mol. The molecule has 3 heteroatoms. The molecule has 0 amide bonds. The van der Waals surface area contributed by atoms with Gasteiger partial charge < -0.3 is 10.6 Å². The maximum absolute atomic E-state index is 5.92. The van der Waals surface area contributed by atoms with Crippen LogP contribution < -0.4 is 10.6 Å². The summed E-state index contributed by atoms with van der Waals surface area (Å²) in [5.74, 6) is 0.813. The molecule has 0 radical (unpaired) electrons. The maximum atomic E-state index is 5.92. The molecule has 0 spiro atoms. The predicted octanol–water partition coefficient (Wildman–Crippen LogP) is 3.18. The molecule has 102 valence electrons. The van der Waals surface area contributed by atoms with E-state index < -0.39 is 0 Å². The first-order valence-corrected chi connectivity index (χ1v) is 7.28. The van der Waals surface area contributed by atoms with E-state index in [1.807, 2.05) is 7.05 Å². The average molecular weight is 261 g/mol. The van der Waals surface area contributed by atoms with Crippen LogP contribution in [-0.4, -0.2) is 32.6 Å². The fourth-order valence-electron chi connectivity index (χ4n) is 2.58. The molecule has 1 aliphatic heterocycles. The Labute approximate surface area is 112 Å². The van der Waals surface area contributed by atoms with E-state index in [-0.39, 0.29) is 0 Å². The van der Waals surface area contributed by atoms with Crippen molar-refractivity contribution in [3.8, 4) is 0 Å². The lowest BCUT2D eigenvalue weighted by Gasteiger charge is -2.37. The number of piperidine rings is 1. The normalized spacial score (nSPS) is 23.9. The molecule has 1 saturated heterocycles. The minimum Gasteiger partial charge on any atom is -0.320 e. The van der Waals surface area contributed by atoms with Crippen LogP contribution in [-0.2, 0) is 0 Å². The fourth-order valence-corrected chi connectivity index (χ4v) is 2.99. The molecule has 2 N–H and O–H groups in total. The van der Waals surface area contributed by atoms with E-state index >= 15 is 0 Å². The van der Waals surface area contributed by atoms with Crippen molar-refractivity contribution in [2.24, 2.45) is 5.41 Å². The van der Waals surface area contributed by atoms with Crippen molar-refractivity contribution in [1.82, 2.24) is 10.6 Å². The van der Waals surface area contributed by atoms with Crippen LogP contribution in [0.5, 0.6) is 0 Å². The van der Waals surface area contributed by atoms with E-state index in [2.05, 4.69) is 23.8 Å². The molecule has 0 aromatic heterocycles. The van der Waals surface area contributed by atoms with E-state index in [9.17, 15) is 0 Å². The van der Waals surface area contributed by atoms with Gasteiger partial charge in [0, 0.05) is 12.4 Å². The Morgan fingerprint density at radius 3 is 2.59 bits per heavy atom. The summed E-state index contributed by atoms with van der Waals surface area (Å²) < 4.78 is 0. The molecular formula is C14H29ClN2. The van der Waals surface area contributed by atoms with Crippen LogP contribution in [0.1, 0.15) is 38.5 Å². The van der Waals surface area contributed by atoms with E-state index in [4.69, 9.17) is 11.6 Å². The van der Waals surface area contributed by atoms with Gasteiger partial charge in [-0.1, -0.05) is 6.42 Å². The SMILES string of the molecule is C=C.CNCCCCC1(CCCl)CCCNC1. The minimum atomic E-state index is 0.508. The Balaban J connectivity index is 0.00000121. The van der Waals surface area contributed by atoms with Crippen molar-refractivity contribution >= 4 is 11.6 Å². The second-order valence-electron chi connectivity index (χ2n) is 4.78. The highest BCUT2D eigenvalue weighted by Gasteiger charge is 2.30. The summed E-state index contributed by atoms with van der Waals surface area (Å²) in [5, 5.41) is 6.74. The number of rotatable bonds is 7. The van der Waals surface area contributed by atoms with Gasteiger partial charge in [0.2, 0.25) is 0 Å². The van der Waals surface area contributed by atoms with Crippen LogP contribution in [0.2, 0.25) is 0 Å². The lowest BCUT2D eigenvalue weighted by molar-refractivity contribution is 0.179. The van der Waals surface area contributed by atoms with Gasteiger partial charge in [0.1, 0.15) is 0 Å². The molecule has 1 aliphatic rings. The quantitative estimate of drug-likeness (QED) is 0.417. The van der Waals surface area contributed by atoms with Crippen molar-refractivity contribution in [3.63, 3.8) is 0 Å². The molecule has 1 rings (SSSR count). The molecule has 17 heavy (non-hydrogen) atoms. The van der Waals surface area contributed by atoms with Gasteiger partial charge >= 0.3 is 0 Å². The van der Waals surface area contributed by atoms with E-state index in [1.54, 1.807) is 0 Å². The summed E-state index contributed by atoms with van der Waals surface area (Å²) in [6.07, 6.45) is 7.84. The van der Waals surface area contributed by atoms with Gasteiger partial charge in [0.25, 0.3) is 0 Å². The van der Waals surface area contributed by atoms with Gasteiger partial charge in [-0.2, -0.15) is 0 Å². The Morgan fingerprint density at radius 2 is 2.06 bits per heavy atom. The molecule has 1 atom stereocenters. The molecular weight excluding hydrogens is 232 g/mol. The van der Waals surface area contributed by atoms with E-state index in [0.29, 0.717) is 5.41 Å². The number of hydrogen-bond donors (Lipinski definition) is 2. The molecule has 0 aromatic rings. The van der Waals surface area contributed by atoms with Crippen LogP contribution in [0.15, 0.2) is 13.2 Å². The molecule has 0 bridgehead atoms. The first kappa shape index (κ1) is 16.9. The topological polar surface area (TPSA) is 24.1 Å². The van der Waals surface area contributed by atoms with Crippen LogP contribution in [0.3, 0.4) is 0 Å². The van der Waals surface area contributed by atoms with Gasteiger partial charge in [-0.3, -0.25) is 0 Å². The molecule has 0 saturated carbocycles. The minimum absolute atomic E-state index is 0.508. The van der Waals surface area contributed by atoms with Crippen LogP contribution in [0.4, 0.5) is 0 Å². The molecule has 1 unspecified atom stereocenters. The average Bonchev–Trinajstić information content (AvgIpc) is 2.39.